The second-order valence-corrected chi connectivity index (χ2v) is 2.56. The summed E-state index contributed by atoms with van der Waals surface area (Å²) in [6, 6.07) is 3.48. The van der Waals surface area contributed by atoms with Crippen molar-refractivity contribution in [1.82, 2.24) is 0 Å². The van der Waals surface area contributed by atoms with Gasteiger partial charge in [-0.25, -0.2) is 8.78 Å². The van der Waals surface area contributed by atoms with Gasteiger partial charge < -0.3 is 5.11 Å². The molecule has 1 rings (SSSR count). The Bertz CT molecular complexity index is 261. The van der Waals surface area contributed by atoms with Gasteiger partial charge in [-0.15, -0.1) is 0 Å². The summed E-state index contributed by atoms with van der Waals surface area (Å²) in [5.74, 6) is -1.11. The highest BCUT2D eigenvalue weighted by Gasteiger charge is 2.02. The van der Waals surface area contributed by atoms with E-state index in [1.54, 1.807) is 0 Å². The second-order valence-electron chi connectivity index (χ2n) is 2.56. The minimum absolute atomic E-state index is 0.0246. The summed E-state index contributed by atoms with van der Waals surface area (Å²) in [5, 5.41) is 8.48. The van der Waals surface area contributed by atoms with Crippen LogP contribution < -0.4 is 0 Å². The van der Waals surface area contributed by atoms with Crippen molar-refractivity contribution in [3.05, 3.63) is 35.4 Å². The molecule has 1 aromatic carbocycles. The number of hydrogen-bond acceptors (Lipinski definition) is 1. The molecule has 3 heteroatoms. The Kier molecular flexibility index (Phi) is 3.17. The van der Waals surface area contributed by atoms with E-state index < -0.39 is 11.6 Å². The fourth-order valence-electron chi connectivity index (χ4n) is 0.994. The first-order valence-electron chi connectivity index (χ1n) is 3.79. The monoisotopic (exact) mass is 172 g/mol. The summed E-state index contributed by atoms with van der Waals surface area (Å²) in [7, 11) is 0. The average Bonchev–Trinajstić information content (AvgIpc) is 2.03. The van der Waals surface area contributed by atoms with Crippen LogP contribution in [0.5, 0.6) is 0 Å². The van der Waals surface area contributed by atoms with Gasteiger partial charge in [-0.1, -0.05) is 6.07 Å². The number of benzene rings is 1. The largest absolute Gasteiger partial charge is 0.396 e. The molecule has 1 nitrogen and oxygen atoms in total. The quantitative estimate of drug-likeness (QED) is 0.738. The summed E-state index contributed by atoms with van der Waals surface area (Å²) >= 11 is 0. The van der Waals surface area contributed by atoms with E-state index in [9.17, 15) is 8.78 Å². The van der Waals surface area contributed by atoms with Crippen LogP contribution in [0, 0.1) is 11.6 Å². The number of halogens is 2. The number of rotatable bonds is 3. The van der Waals surface area contributed by atoms with Crippen LogP contribution in [0.1, 0.15) is 12.0 Å². The molecule has 1 N–H and O–H groups in total. The fourth-order valence-corrected chi connectivity index (χ4v) is 0.994. The summed E-state index contributed by atoms with van der Waals surface area (Å²) in [6.07, 6.45) is 0.950. The number of hydrogen-bond donors (Lipinski definition) is 1. The van der Waals surface area contributed by atoms with Crippen LogP contribution in [0.2, 0.25) is 0 Å². The van der Waals surface area contributed by atoms with Gasteiger partial charge in [0.05, 0.1) is 0 Å². The standard InChI is InChI=1S/C9H10F2O/c10-8-4-3-7(2-1-5-12)9(11)6-8/h3-4,6,12H,1-2,5H2. The number of aliphatic hydroxyl groups excluding tert-OH is 1. The van der Waals surface area contributed by atoms with Crippen LogP contribution in [-0.4, -0.2) is 11.7 Å². The summed E-state index contributed by atoms with van der Waals surface area (Å²) in [4.78, 5) is 0. The Morgan fingerprint density at radius 2 is 2.00 bits per heavy atom. The molecule has 0 bridgehead atoms. The molecule has 0 fully saturated rings. The Hall–Kier alpha value is -0.960. The van der Waals surface area contributed by atoms with Crippen molar-refractivity contribution in [3.8, 4) is 0 Å². The predicted octanol–water partition coefficient (Wildman–Crippen LogP) is 1.89. The van der Waals surface area contributed by atoms with Gasteiger partial charge in [-0.05, 0) is 24.5 Å². The molecule has 1 aromatic rings. The first-order valence-corrected chi connectivity index (χ1v) is 3.79. The molecule has 0 unspecified atom stereocenters. The van der Waals surface area contributed by atoms with Crippen LogP contribution in [0.4, 0.5) is 8.78 Å². The molecule has 0 heterocycles. The minimum Gasteiger partial charge on any atom is -0.396 e. The second kappa shape index (κ2) is 4.16. The van der Waals surface area contributed by atoms with Gasteiger partial charge in [0.1, 0.15) is 11.6 Å². The van der Waals surface area contributed by atoms with Crippen molar-refractivity contribution in [2.45, 2.75) is 12.8 Å². The van der Waals surface area contributed by atoms with Crippen LogP contribution in [0.15, 0.2) is 18.2 Å². The molecule has 0 aliphatic rings. The first kappa shape index (κ1) is 9.13. The van der Waals surface area contributed by atoms with E-state index in [0.29, 0.717) is 18.4 Å². The third-order valence-corrected chi connectivity index (χ3v) is 1.62. The third kappa shape index (κ3) is 2.27. The zero-order valence-electron chi connectivity index (χ0n) is 6.56. The van der Waals surface area contributed by atoms with Gasteiger partial charge in [0, 0.05) is 12.7 Å². The maximum atomic E-state index is 12.9. The Balaban J connectivity index is 2.72. The van der Waals surface area contributed by atoms with Gasteiger partial charge in [0.25, 0.3) is 0 Å². The smallest absolute Gasteiger partial charge is 0.129 e. The van der Waals surface area contributed by atoms with Crippen molar-refractivity contribution < 1.29 is 13.9 Å². The van der Waals surface area contributed by atoms with E-state index in [1.165, 1.54) is 12.1 Å². The van der Waals surface area contributed by atoms with Crippen LogP contribution >= 0.6 is 0 Å². The summed E-state index contributed by atoms with van der Waals surface area (Å²) < 4.78 is 25.2. The molecule has 0 saturated carbocycles. The minimum atomic E-state index is -0.569. The van der Waals surface area contributed by atoms with Gasteiger partial charge in [-0.3, -0.25) is 0 Å². The molecule has 0 aliphatic heterocycles. The molecule has 0 aliphatic carbocycles. The molecule has 0 aromatic heterocycles. The van der Waals surface area contributed by atoms with Crippen molar-refractivity contribution in [2.75, 3.05) is 6.61 Å². The lowest BCUT2D eigenvalue weighted by atomic mass is 10.1. The topological polar surface area (TPSA) is 20.2 Å². The van der Waals surface area contributed by atoms with Crippen molar-refractivity contribution in [1.29, 1.82) is 0 Å². The highest BCUT2D eigenvalue weighted by molar-refractivity contribution is 5.18. The predicted molar refractivity (Wildman–Crippen MR) is 41.8 cm³/mol. The van der Waals surface area contributed by atoms with Gasteiger partial charge >= 0.3 is 0 Å². The summed E-state index contributed by atoms with van der Waals surface area (Å²) in [5.41, 5.74) is 0.449. The molecule has 0 saturated heterocycles. The van der Waals surface area contributed by atoms with Crippen LogP contribution in [0.3, 0.4) is 0 Å². The summed E-state index contributed by atoms with van der Waals surface area (Å²) in [6.45, 7) is 0.0246. The zero-order valence-corrected chi connectivity index (χ0v) is 6.56. The third-order valence-electron chi connectivity index (χ3n) is 1.62. The molecule has 0 amide bonds. The molecule has 66 valence electrons. The normalized spacial score (nSPS) is 10.2. The van der Waals surface area contributed by atoms with E-state index >= 15 is 0 Å². The Morgan fingerprint density at radius 3 is 2.58 bits per heavy atom. The molecule has 0 atom stereocenters. The highest BCUT2D eigenvalue weighted by Crippen LogP contribution is 2.10. The first-order chi connectivity index (χ1) is 5.74. The van der Waals surface area contributed by atoms with Crippen molar-refractivity contribution >= 4 is 0 Å². The van der Waals surface area contributed by atoms with Crippen LogP contribution in [0.25, 0.3) is 0 Å². The molecule has 0 radical (unpaired) electrons. The number of aryl methyl sites for hydroxylation is 1. The van der Waals surface area contributed by atoms with E-state index in [4.69, 9.17) is 5.11 Å². The zero-order chi connectivity index (χ0) is 8.97. The lowest BCUT2D eigenvalue weighted by molar-refractivity contribution is 0.288. The van der Waals surface area contributed by atoms with E-state index in [1.807, 2.05) is 0 Å². The fraction of sp³-hybridized carbons (Fsp3) is 0.333. The Labute approximate surface area is 69.7 Å². The van der Waals surface area contributed by atoms with Gasteiger partial charge in [0.2, 0.25) is 0 Å². The molecular formula is C9H10F2O. The van der Waals surface area contributed by atoms with Gasteiger partial charge in [-0.2, -0.15) is 0 Å². The highest BCUT2D eigenvalue weighted by atomic mass is 19.1. The van der Waals surface area contributed by atoms with E-state index in [2.05, 4.69) is 0 Å². The van der Waals surface area contributed by atoms with E-state index in [0.717, 1.165) is 6.07 Å². The molecular weight excluding hydrogens is 162 g/mol. The SMILES string of the molecule is OCCCc1ccc(F)cc1F. The van der Waals surface area contributed by atoms with Crippen LogP contribution in [-0.2, 0) is 6.42 Å². The van der Waals surface area contributed by atoms with Gasteiger partial charge in [0.15, 0.2) is 0 Å². The molecule has 12 heavy (non-hydrogen) atoms. The number of aliphatic hydroxyl groups is 1. The van der Waals surface area contributed by atoms with Crippen molar-refractivity contribution in [3.63, 3.8) is 0 Å². The Morgan fingerprint density at radius 1 is 1.25 bits per heavy atom. The lowest BCUT2D eigenvalue weighted by Crippen LogP contribution is -1.93. The average molecular weight is 172 g/mol. The van der Waals surface area contributed by atoms with E-state index in [-0.39, 0.29) is 6.61 Å². The van der Waals surface area contributed by atoms with Crippen molar-refractivity contribution in [2.24, 2.45) is 0 Å². The lowest BCUT2D eigenvalue weighted by Gasteiger charge is -2.00. The maximum Gasteiger partial charge on any atom is 0.129 e. The maximum absolute atomic E-state index is 12.9. The molecule has 0 spiro atoms.